The lowest BCUT2D eigenvalue weighted by Gasteiger charge is -2.43. The van der Waals surface area contributed by atoms with Crippen LogP contribution in [0.15, 0.2) is 30.3 Å². The molecule has 1 aromatic carbocycles. The largest absolute Gasteiger partial charge is 0.342 e. The van der Waals surface area contributed by atoms with Crippen LogP contribution < -0.4 is 5.73 Å². The molecule has 1 aliphatic carbocycles. The highest BCUT2D eigenvalue weighted by atomic mass is 35.5. The molecule has 0 spiro atoms. The monoisotopic (exact) mass is 308 g/mol. The smallest absolute Gasteiger partial charge is 0.229 e. The molecule has 1 saturated heterocycles. The highest BCUT2D eigenvalue weighted by Crippen LogP contribution is 2.45. The minimum absolute atomic E-state index is 0. The Hall–Kier alpha value is -1.06. The molecule has 21 heavy (non-hydrogen) atoms. The van der Waals surface area contributed by atoms with Gasteiger partial charge in [0.25, 0.3) is 0 Å². The van der Waals surface area contributed by atoms with Crippen molar-refractivity contribution >= 4 is 18.3 Å². The molecule has 3 rings (SSSR count). The van der Waals surface area contributed by atoms with Crippen molar-refractivity contribution in [2.75, 3.05) is 19.6 Å². The molecule has 0 radical (unpaired) electrons. The number of likely N-dealkylation sites (tertiary alicyclic amines) is 1. The lowest BCUT2D eigenvalue weighted by atomic mass is 9.64. The second-order valence-corrected chi connectivity index (χ2v) is 6.44. The van der Waals surface area contributed by atoms with Gasteiger partial charge in [-0.3, -0.25) is 4.79 Å². The van der Waals surface area contributed by atoms with Crippen molar-refractivity contribution in [3.05, 3.63) is 35.9 Å². The fraction of sp³-hybridized carbons (Fsp3) is 0.588. The Morgan fingerprint density at radius 2 is 2.00 bits per heavy atom. The van der Waals surface area contributed by atoms with E-state index in [1.807, 2.05) is 6.07 Å². The number of nitrogens with two attached hydrogens (primary N) is 1. The van der Waals surface area contributed by atoms with Crippen molar-refractivity contribution in [3.63, 3.8) is 0 Å². The molecular formula is C17H25ClN2O. The SMILES string of the molecule is Cl.NCC1CCN(C(=O)C2(Cc3ccccc3)CCC2)C1. The molecule has 1 atom stereocenters. The van der Waals surface area contributed by atoms with Crippen LogP contribution in [0, 0.1) is 11.3 Å². The van der Waals surface area contributed by atoms with Crippen molar-refractivity contribution in [1.82, 2.24) is 4.90 Å². The van der Waals surface area contributed by atoms with E-state index in [1.165, 1.54) is 12.0 Å². The van der Waals surface area contributed by atoms with Crippen molar-refractivity contribution in [1.29, 1.82) is 0 Å². The van der Waals surface area contributed by atoms with Gasteiger partial charge in [-0.05, 0) is 43.7 Å². The Morgan fingerprint density at radius 3 is 2.52 bits per heavy atom. The van der Waals surface area contributed by atoms with Gasteiger partial charge in [0.05, 0.1) is 5.41 Å². The number of hydrogen-bond acceptors (Lipinski definition) is 2. The van der Waals surface area contributed by atoms with Crippen LogP contribution in [0.4, 0.5) is 0 Å². The zero-order valence-electron chi connectivity index (χ0n) is 12.5. The van der Waals surface area contributed by atoms with Crippen LogP contribution in [0.3, 0.4) is 0 Å². The molecule has 1 unspecified atom stereocenters. The fourth-order valence-electron chi connectivity index (χ4n) is 3.60. The molecule has 4 heteroatoms. The van der Waals surface area contributed by atoms with Gasteiger partial charge in [0.1, 0.15) is 0 Å². The van der Waals surface area contributed by atoms with E-state index in [-0.39, 0.29) is 17.8 Å². The summed E-state index contributed by atoms with van der Waals surface area (Å²) in [4.78, 5) is 15.0. The predicted molar refractivity (Wildman–Crippen MR) is 87.4 cm³/mol. The molecule has 1 aliphatic heterocycles. The van der Waals surface area contributed by atoms with Crippen LogP contribution in [-0.2, 0) is 11.2 Å². The Morgan fingerprint density at radius 1 is 1.29 bits per heavy atom. The molecule has 2 N–H and O–H groups in total. The topological polar surface area (TPSA) is 46.3 Å². The molecule has 0 aromatic heterocycles. The summed E-state index contributed by atoms with van der Waals surface area (Å²) in [5.74, 6) is 0.886. The van der Waals surface area contributed by atoms with Gasteiger partial charge in [0.2, 0.25) is 5.91 Å². The normalized spacial score (nSPS) is 23.3. The van der Waals surface area contributed by atoms with Crippen LogP contribution in [0.1, 0.15) is 31.2 Å². The third kappa shape index (κ3) is 3.24. The van der Waals surface area contributed by atoms with Gasteiger partial charge < -0.3 is 10.6 Å². The molecule has 1 amide bonds. The molecule has 3 nitrogen and oxygen atoms in total. The summed E-state index contributed by atoms with van der Waals surface area (Å²) in [7, 11) is 0. The molecule has 0 bridgehead atoms. The summed E-state index contributed by atoms with van der Waals surface area (Å²) in [5.41, 5.74) is 6.90. The summed E-state index contributed by atoms with van der Waals surface area (Å²) in [6.45, 7) is 2.47. The van der Waals surface area contributed by atoms with Gasteiger partial charge in [-0.2, -0.15) is 0 Å². The number of benzene rings is 1. The first-order valence-corrected chi connectivity index (χ1v) is 7.77. The first-order valence-electron chi connectivity index (χ1n) is 7.77. The van der Waals surface area contributed by atoms with Crippen LogP contribution in [0.2, 0.25) is 0 Å². The molecule has 2 aliphatic rings. The number of carbonyl (C=O) groups is 1. The van der Waals surface area contributed by atoms with Gasteiger partial charge >= 0.3 is 0 Å². The minimum atomic E-state index is -0.120. The van der Waals surface area contributed by atoms with E-state index < -0.39 is 0 Å². The standard InChI is InChI=1S/C17H24N2O.ClH/c18-12-15-7-10-19(13-15)16(20)17(8-4-9-17)11-14-5-2-1-3-6-14;/h1-3,5-6,15H,4,7-13,18H2;1H. The quantitative estimate of drug-likeness (QED) is 0.929. The Balaban J connectivity index is 0.00000161. The summed E-state index contributed by atoms with van der Waals surface area (Å²) in [5, 5.41) is 0. The van der Waals surface area contributed by atoms with E-state index in [0.29, 0.717) is 18.4 Å². The van der Waals surface area contributed by atoms with E-state index in [4.69, 9.17) is 5.73 Å². The maximum absolute atomic E-state index is 12.9. The van der Waals surface area contributed by atoms with Crippen LogP contribution in [0.25, 0.3) is 0 Å². The van der Waals surface area contributed by atoms with E-state index in [1.54, 1.807) is 0 Å². The molecule has 1 saturated carbocycles. The van der Waals surface area contributed by atoms with E-state index in [9.17, 15) is 4.79 Å². The van der Waals surface area contributed by atoms with E-state index >= 15 is 0 Å². The molecule has 1 heterocycles. The number of nitrogens with zero attached hydrogens (tertiary/aromatic N) is 1. The Kier molecular flexibility index (Phi) is 5.28. The van der Waals surface area contributed by atoms with Gasteiger partial charge in [-0.25, -0.2) is 0 Å². The molecular weight excluding hydrogens is 284 g/mol. The number of carbonyl (C=O) groups excluding carboxylic acids is 1. The molecule has 1 aromatic rings. The molecule has 116 valence electrons. The lowest BCUT2D eigenvalue weighted by Crippen LogP contribution is -2.48. The summed E-state index contributed by atoms with van der Waals surface area (Å²) in [6.07, 6.45) is 5.25. The number of rotatable bonds is 4. The zero-order chi connectivity index (χ0) is 14.0. The number of hydrogen-bond donors (Lipinski definition) is 1. The number of halogens is 1. The van der Waals surface area contributed by atoms with Crippen molar-refractivity contribution in [3.8, 4) is 0 Å². The van der Waals surface area contributed by atoms with Crippen LogP contribution in [-0.4, -0.2) is 30.4 Å². The maximum Gasteiger partial charge on any atom is 0.229 e. The fourth-order valence-corrected chi connectivity index (χ4v) is 3.60. The second-order valence-electron chi connectivity index (χ2n) is 6.44. The summed E-state index contributed by atoms with van der Waals surface area (Å²) >= 11 is 0. The van der Waals surface area contributed by atoms with Crippen molar-refractivity contribution in [2.45, 2.75) is 32.1 Å². The highest BCUT2D eigenvalue weighted by molar-refractivity contribution is 5.85. The van der Waals surface area contributed by atoms with E-state index in [2.05, 4.69) is 29.2 Å². The van der Waals surface area contributed by atoms with Crippen molar-refractivity contribution in [2.24, 2.45) is 17.1 Å². The highest BCUT2D eigenvalue weighted by Gasteiger charge is 2.47. The zero-order valence-corrected chi connectivity index (χ0v) is 13.3. The third-order valence-electron chi connectivity index (χ3n) is 5.06. The van der Waals surface area contributed by atoms with Gasteiger partial charge in [-0.15, -0.1) is 12.4 Å². The van der Waals surface area contributed by atoms with Crippen molar-refractivity contribution < 1.29 is 4.79 Å². The Labute approximate surface area is 133 Å². The molecule has 2 fully saturated rings. The summed E-state index contributed by atoms with van der Waals surface area (Å²) in [6, 6.07) is 10.4. The van der Waals surface area contributed by atoms with Crippen LogP contribution in [0.5, 0.6) is 0 Å². The van der Waals surface area contributed by atoms with Gasteiger partial charge in [0.15, 0.2) is 0 Å². The predicted octanol–water partition coefficient (Wildman–Crippen LogP) is 2.63. The van der Waals surface area contributed by atoms with Gasteiger partial charge in [-0.1, -0.05) is 36.8 Å². The second kappa shape index (κ2) is 6.80. The lowest BCUT2D eigenvalue weighted by molar-refractivity contribution is -0.146. The maximum atomic E-state index is 12.9. The van der Waals surface area contributed by atoms with Crippen LogP contribution >= 0.6 is 12.4 Å². The first kappa shape index (κ1) is 16.3. The minimum Gasteiger partial charge on any atom is -0.342 e. The summed E-state index contributed by atoms with van der Waals surface area (Å²) < 4.78 is 0. The van der Waals surface area contributed by atoms with Gasteiger partial charge in [0, 0.05) is 13.1 Å². The third-order valence-corrected chi connectivity index (χ3v) is 5.06. The number of amides is 1. The Bertz CT molecular complexity index is 473. The first-order chi connectivity index (χ1) is 9.73. The van der Waals surface area contributed by atoms with E-state index in [0.717, 1.165) is 38.8 Å². The average Bonchev–Trinajstić information content (AvgIpc) is 2.92. The average molecular weight is 309 g/mol.